The van der Waals surface area contributed by atoms with Crippen molar-refractivity contribution in [1.29, 1.82) is 0 Å². The van der Waals surface area contributed by atoms with Crippen LogP contribution in [0.1, 0.15) is 11.3 Å². The Bertz CT molecular complexity index is 1030. The Morgan fingerprint density at radius 1 is 1.10 bits per heavy atom. The molecule has 12 heteroatoms. The summed E-state index contributed by atoms with van der Waals surface area (Å²) in [5.41, 5.74) is -0.453. The standard InChI is InChI=1S/C18H12Cl2F3N5O2/c19-11-5-12(20)7-13(6-11)27-16-25-9-14(15(28-16)18(21,22)23)30-17(29)26-8-10-1-3-24-4-2-10/h1-7,9H,8H2,(H,26,29)(H,25,27,28). The van der Waals surface area contributed by atoms with Crippen molar-refractivity contribution in [3.05, 3.63) is 70.2 Å². The van der Waals surface area contributed by atoms with E-state index in [1.807, 2.05) is 0 Å². The van der Waals surface area contributed by atoms with Gasteiger partial charge in [0.2, 0.25) is 5.95 Å². The number of rotatable bonds is 5. The molecule has 156 valence electrons. The van der Waals surface area contributed by atoms with Crippen LogP contribution in [0.2, 0.25) is 10.0 Å². The molecule has 2 heterocycles. The van der Waals surface area contributed by atoms with Gasteiger partial charge in [-0.25, -0.2) is 14.8 Å². The summed E-state index contributed by atoms with van der Waals surface area (Å²) in [6.07, 6.45) is -2.22. The Kier molecular flexibility index (Phi) is 6.58. The Morgan fingerprint density at radius 3 is 2.40 bits per heavy atom. The lowest BCUT2D eigenvalue weighted by molar-refractivity contribution is -0.142. The summed E-state index contributed by atoms with van der Waals surface area (Å²) in [6, 6.07) is 7.58. The van der Waals surface area contributed by atoms with Crippen molar-refractivity contribution >= 4 is 40.9 Å². The van der Waals surface area contributed by atoms with Crippen LogP contribution in [0.3, 0.4) is 0 Å². The summed E-state index contributed by atoms with van der Waals surface area (Å²) >= 11 is 11.7. The van der Waals surface area contributed by atoms with Gasteiger partial charge in [-0.3, -0.25) is 4.98 Å². The van der Waals surface area contributed by atoms with Crippen LogP contribution in [0, 0.1) is 0 Å². The summed E-state index contributed by atoms with van der Waals surface area (Å²) in [6.45, 7) is 0.0404. The number of aromatic nitrogens is 3. The zero-order valence-corrected chi connectivity index (χ0v) is 16.4. The van der Waals surface area contributed by atoms with Crippen molar-refractivity contribution in [2.75, 3.05) is 5.32 Å². The Hall–Kier alpha value is -3.11. The number of hydrogen-bond acceptors (Lipinski definition) is 6. The minimum Gasteiger partial charge on any atom is -0.406 e. The zero-order valence-electron chi connectivity index (χ0n) is 14.9. The minimum absolute atomic E-state index is 0.0404. The van der Waals surface area contributed by atoms with Crippen LogP contribution >= 0.6 is 23.2 Å². The van der Waals surface area contributed by atoms with Crippen LogP contribution < -0.4 is 15.4 Å². The largest absolute Gasteiger partial charge is 0.437 e. The second kappa shape index (κ2) is 9.14. The predicted octanol–water partition coefficient (Wildman–Crippen LogP) is 5.23. The molecule has 0 unspecified atom stereocenters. The smallest absolute Gasteiger partial charge is 0.406 e. The SMILES string of the molecule is O=C(NCc1ccncc1)Oc1cnc(Nc2cc(Cl)cc(Cl)c2)nc1C(F)(F)F. The zero-order chi connectivity index (χ0) is 21.7. The number of anilines is 2. The first-order valence-electron chi connectivity index (χ1n) is 8.22. The maximum absolute atomic E-state index is 13.4. The fraction of sp³-hybridized carbons (Fsp3) is 0.111. The Labute approximate surface area is 178 Å². The van der Waals surface area contributed by atoms with Gasteiger partial charge < -0.3 is 15.4 Å². The number of carbonyl (C=O) groups excluding carboxylic acids is 1. The van der Waals surface area contributed by atoms with Gasteiger partial charge in [0.25, 0.3) is 0 Å². The van der Waals surface area contributed by atoms with E-state index in [0.717, 1.165) is 6.20 Å². The third-order valence-electron chi connectivity index (χ3n) is 3.53. The highest BCUT2D eigenvalue weighted by Gasteiger charge is 2.38. The van der Waals surface area contributed by atoms with Crippen molar-refractivity contribution in [3.8, 4) is 5.75 Å². The van der Waals surface area contributed by atoms with Crippen molar-refractivity contribution in [1.82, 2.24) is 20.3 Å². The van der Waals surface area contributed by atoms with Gasteiger partial charge >= 0.3 is 12.3 Å². The third kappa shape index (κ3) is 5.94. The lowest BCUT2D eigenvalue weighted by atomic mass is 10.3. The summed E-state index contributed by atoms with van der Waals surface area (Å²) in [5.74, 6) is -1.23. The molecule has 0 saturated heterocycles. The average molecular weight is 458 g/mol. The average Bonchev–Trinajstić information content (AvgIpc) is 2.67. The molecule has 0 bridgehead atoms. The van der Waals surface area contributed by atoms with Gasteiger partial charge in [0.1, 0.15) is 0 Å². The monoisotopic (exact) mass is 457 g/mol. The van der Waals surface area contributed by atoms with Gasteiger partial charge in [-0.2, -0.15) is 13.2 Å². The van der Waals surface area contributed by atoms with E-state index in [1.165, 1.54) is 30.6 Å². The van der Waals surface area contributed by atoms with Gasteiger partial charge in [0, 0.05) is 34.7 Å². The molecule has 1 amide bonds. The number of nitrogens with one attached hydrogen (secondary N) is 2. The molecule has 2 N–H and O–H groups in total. The van der Waals surface area contributed by atoms with E-state index < -0.39 is 23.7 Å². The molecule has 0 spiro atoms. The molecule has 0 saturated carbocycles. The normalized spacial score (nSPS) is 11.1. The number of ether oxygens (including phenoxy) is 1. The molecule has 0 aliphatic rings. The summed E-state index contributed by atoms with van der Waals surface area (Å²) in [4.78, 5) is 22.9. The predicted molar refractivity (Wildman–Crippen MR) is 104 cm³/mol. The highest BCUT2D eigenvalue weighted by atomic mass is 35.5. The fourth-order valence-electron chi connectivity index (χ4n) is 2.27. The maximum atomic E-state index is 13.4. The van der Waals surface area contributed by atoms with Crippen LogP contribution in [-0.2, 0) is 12.7 Å². The second-order valence-corrected chi connectivity index (χ2v) is 6.66. The molecule has 2 aromatic heterocycles. The molecule has 3 aromatic rings. The number of hydrogen-bond donors (Lipinski definition) is 2. The van der Waals surface area contributed by atoms with E-state index in [9.17, 15) is 18.0 Å². The molecule has 0 atom stereocenters. The molecule has 0 fully saturated rings. The van der Waals surface area contributed by atoms with E-state index in [0.29, 0.717) is 5.56 Å². The number of benzene rings is 1. The lowest BCUT2D eigenvalue weighted by Gasteiger charge is -2.14. The number of carbonyl (C=O) groups is 1. The lowest BCUT2D eigenvalue weighted by Crippen LogP contribution is -2.27. The molecule has 30 heavy (non-hydrogen) atoms. The molecule has 7 nitrogen and oxygen atoms in total. The quantitative estimate of drug-likeness (QED) is 0.545. The summed E-state index contributed by atoms with van der Waals surface area (Å²) in [5, 5.41) is 5.45. The number of nitrogens with zero attached hydrogens (tertiary/aromatic N) is 3. The number of amides is 1. The summed E-state index contributed by atoms with van der Waals surface area (Å²) < 4.78 is 45.0. The number of pyridine rings is 1. The third-order valence-corrected chi connectivity index (χ3v) is 3.97. The molecular formula is C18H12Cl2F3N5O2. The molecule has 0 radical (unpaired) electrons. The van der Waals surface area contributed by atoms with E-state index in [-0.39, 0.29) is 28.2 Å². The van der Waals surface area contributed by atoms with Crippen LogP contribution in [0.4, 0.5) is 29.6 Å². The van der Waals surface area contributed by atoms with Crippen molar-refractivity contribution < 1.29 is 22.7 Å². The molecule has 0 aliphatic heterocycles. The fourth-order valence-corrected chi connectivity index (χ4v) is 2.80. The maximum Gasteiger partial charge on any atom is 0.437 e. The van der Waals surface area contributed by atoms with E-state index in [4.69, 9.17) is 27.9 Å². The van der Waals surface area contributed by atoms with E-state index in [2.05, 4.69) is 25.6 Å². The van der Waals surface area contributed by atoms with Crippen molar-refractivity contribution in [3.63, 3.8) is 0 Å². The van der Waals surface area contributed by atoms with Crippen LogP contribution in [0.5, 0.6) is 5.75 Å². The first kappa shape index (κ1) is 21.6. The van der Waals surface area contributed by atoms with E-state index >= 15 is 0 Å². The van der Waals surface area contributed by atoms with Crippen molar-refractivity contribution in [2.45, 2.75) is 12.7 Å². The van der Waals surface area contributed by atoms with Gasteiger partial charge in [0.05, 0.1) is 6.20 Å². The van der Waals surface area contributed by atoms with Crippen LogP contribution in [0.15, 0.2) is 48.9 Å². The van der Waals surface area contributed by atoms with E-state index in [1.54, 1.807) is 12.1 Å². The number of halogens is 5. The van der Waals surface area contributed by atoms with Gasteiger partial charge in [-0.05, 0) is 35.9 Å². The van der Waals surface area contributed by atoms with Gasteiger partial charge in [-0.15, -0.1) is 0 Å². The first-order valence-corrected chi connectivity index (χ1v) is 8.98. The molecular weight excluding hydrogens is 446 g/mol. The van der Waals surface area contributed by atoms with Crippen LogP contribution in [0.25, 0.3) is 0 Å². The topological polar surface area (TPSA) is 89.0 Å². The van der Waals surface area contributed by atoms with Crippen LogP contribution in [-0.4, -0.2) is 21.0 Å². The highest BCUT2D eigenvalue weighted by Crippen LogP contribution is 2.35. The highest BCUT2D eigenvalue weighted by molar-refractivity contribution is 6.35. The first-order chi connectivity index (χ1) is 14.2. The number of alkyl halides is 3. The van der Waals surface area contributed by atoms with Gasteiger partial charge in [0.15, 0.2) is 11.4 Å². The molecule has 3 rings (SSSR count). The van der Waals surface area contributed by atoms with Crippen molar-refractivity contribution in [2.24, 2.45) is 0 Å². The molecule has 1 aromatic carbocycles. The Morgan fingerprint density at radius 2 is 1.77 bits per heavy atom. The second-order valence-electron chi connectivity index (χ2n) is 5.79. The minimum atomic E-state index is -4.90. The summed E-state index contributed by atoms with van der Waals surface area (Å²) in [7, 11) is 0. The Balaban J connectivity index is 1.76. The van der Waals surface area contributed by atoms with Gasteiger partial charge in [-0.1, -0.05) is 23.2 Å². The molecule has 0 aliphatic carbocycles.